The fourth-order valence-corrected chi connectivity index (χ4v) is 4.15. The van der Waals surface area contributed by atoms with Crippen molar-refractivity contribution in [3.63, 3.8) is 0 Å². The number of likely N-dealkylation sites (tertiary alicyclic amines) is 2. The molecule has 24 heavy (non-hydrogen) atoms. The molecule has 2 aliphatic heterocycles. The third-order valence-corrected chi connectivity index (χ3v) is 5.36. The Morgan fingerprint density at radius 3 is 2.71 bits per heavy atom. The predicted octanol–water partition coefficient (Wildman–Crippen LogP) is 3.42. The number of carbonyl (C=O) groups is 1. The lowest BCUT2D eigenvalue weighted by molar-refractivity contribution is -0.0648. The third kappa shape index (κ3) is 3.30. The zero-order valence-corrected chi connectivity index (χ0v) is 15.3. The van der Waals surface area contributed by atoms with E-state index >= 15 is 0 Å². The fourth-order valence-electron chi connectivity index (χ4n) is 4.15. The van der Waals surface area contributed by atoms with Crippen LogP contribution < -0.4 is 4.74 Å². The summed E-state index contributed by atoms with van der Waals surface area (Å²) >= 11 is 0. The molecule has 0 saturated carbocycles. The van der Waals surface area contributed by atoms with Crippen LogP contribution in [-0.4, -0.2) is 54.0 Å². The van der Waals surface area contributed by atoms with E-state index < -0.39 is 0 Å². The molecular formula is C20H30N2O2. The first-order chi connectivity index (χ1) is 11.6. The van der Waals surface area contributed by atoms with Gasteiger partial charge in [-0.25, -0.2) is 0 Å². The molecule has 4 heteroatoms. The Kier molecular flexibility index (Phi) is 5.14. The smallest absolute Gasteiger partial charge is 0.257 e. The van der Waals surface area contributed by atoms with Crippen LogP contribution in [0.3, 0.4) is 0 Å². The molecular weight excluding hydrogens is 300 g/mol. The van der Waals surface area contributed by atoms with Crippen LogP contribution in [0.4, 0.5) is 0 Å². The molecule has 0 unspecified atom stereocenters. The lowest BCUT2D eigenvalue weighted by atomic mass is 9.77. The van der Waals surface area contributed by atoms with Gasteiger partial charge in [-0.2, -0.15) is 0 Å². The van der Waals surface area contributed by atoms with E-state index in [4.69, 9.17) is 4.74 Å². The van der Waals surface area contributed by atoms with E-state index in [1.54, 1.807) is 0 Å². The number of benzene rings is 1. The molecule has 2 fully saturated rings. The second-order valence-electron chi connectivity index (χ2n) is 7.57. The van der Waals surface area contributed by atoms with Crippen molar-refractivity contribution in [3.8, 4) is 5.75 Å². The van der Waals surface area contributed by atoms with Gasteiger partial charge in [0.15, 0.2) is 0 Å². The summed E-state index contributed by atoms with van der Waals surface area (Å²) in [6.45, 7) is 11.1. The van der Waals surface area contributed by atoms with Crippen LogP contribution in [0.5, 0.6) is 5.75 Å². The van der Waals surface area contributed by atoms with E-state index in [0.29, 0.717) is 23.8 Å². The van der Waals surface area contributed by atoms with Gasteiger partial charge in [0.25, 0.3) is 5.91 Å². The quantitative estimate of drug-likeness (QED) is 0.829. The molecule has 3 rings (SSSR count). The SMILES string of the molecule is CCOc1ccccc1C(=O)N1CCC[C@]2(CCN2CC(C)C)C1. The topological polar surface area (TPSA) is 32.8 Å². The maximum atomic E-state index is 13.1. The number of hydrogen-bond donors (Lipinski definition) is 0. The Morgan fingerprint density at radius 2 is 2.04 bits per heavy atom. The number of carbonyl (C=O) groups excluding carboxylic acids is 1. The number of hydrogen-bond acceptors (Lipinski definition) is 3. The van der Waals surface area contributed by atoms with Crippen LogP contribution in [-0.2, 0) is 0 Å². The summed E-state index contributed by atoms with van der Waals surface area (Å²) in [5.74, 6) is 1.50. The molecule has 0 aliphatic carbocycles. The van der Waals surface area contributed by atoms with Crippen molar-refractivity contribution in [2.45, 2.75) is 45.6 Å². The molecule has 2 aliphatic rings. The molecule has 0 aromatic heterocycles. The molecule has 2 heterocycles. The highest BCUT2D eigenvalue weighted by atomic mass is 16.5. The molecule has 0 bridgehead atoms. The number of ether oxygens (including phenoxy) is 1. The van der Waals surface area contributed by atoms with Crippen molar-refractivity contribution in [2.75, 3.05) is 32.8 Å². The molecule has 1 aromatic carbocycles. The molecule has 0 radical (unpaired) electrons. The van der Waals surface area contributed by atoms with Gasteiger partial charge in [0.2, 0.25) is 0 Å². The molecule has 2 saturated heterocycles. The summed E-state index contributed by atoms with van der Waals surface area (Å²) in [7, 11) is 0. The van der Waals surface area contributed by atoms with Crippen LogP contribution in [0.1, 0.15) is 50.4 Å². The van der Waals surface area contributed by atoms with Crippen molar-refractivity contribution in [2.24, 2.45) is 5.92 Å². The van der Waals surface area contributed by atoms with E-state index in [1.807, 2.05) is 36.1 Å². The number of amides is 1. The average molecular weight is 330 g/mol. The van der Waals surface area contributed by atoms with Gasteiger partial charge in [-0.1, -0.05) is 26.0 Å². The minimum Gasteiger partial charge on any atom is -0.493 e. The third-order valence-electron chi connectivity index (χ3n) is 5.36. The maximum Gasteiger partial charge on any atom is 0.257 e. The Labute approximate surface area is 145 Å². The Morgan fingerprint density at radius 1 is 1.25 bits per heavy atom. The molecule has 0 N–H and O–H groups in total. The molecule has 1 aromatic rings. The second kappa shape index (κ2) is 7.14. The van der Waals surface area contributed by atoms with Crippen LogP contribution in [0.25, 0.3) is 0 Å². The Hall–Kier alpha value is -1.55. The largest absolute Gasteiger partial charge is 0.493 e. The Bertz CT molecular complexity index is 587. The molecule has 4 nitrogen and oxygen atoms in total. The van der Waals surface area contributed by atoms with Crippen molar-refractivity contribution < 1.29 is 9.53 Å². The summed E-state index contributed by atoms with van der Waals surface area (Å²) < 4.78 is 5.66. The maximum absolute atomic E-state index is 13.1. The van der Waals surface area contributed by atoms with Crippen molar-refractivity contribution in [3.05, 3.63) is 29.8 Å². The zero-order valence-electron chi connectivity index (χ0n) is 15.3. The number of rotatable bonds is 5. The lowest BCUT2D eigenvalue weighted by Crippen LogP contribution is -2.67. The van der Waals surface area contributed by atoms with Gasteiger partial charge in [0, 0.05) is 31.7 Å². The summed E-state index contributed by atoms with van der Waals surface area (Å²) in [5, 5.41) is 0. The van der Waals surface area contributed by atoms with Gasteiger partial charge in [-0.05, 0) is 44.2 Å². The van der Waals surface area contributed by atoms with E-state index in [9.17, 15) is 4.79 Å². The number of para-hydroxylation sites is 1. The monoisotopic (exact) mass is 330 g/mol. The molecule has 1 atom stereocenters. The number of piperidine rings is 1. The van der Waals surface area contributed by atoms with Crippen LogP contribution in [0.2, 0.25) is 0 Å². The summed E-state index contributed by atoms with van der Waals surface area (Å²) in [6, 6.07) is 7.63. The highest BCUT2D eigenvalue weighted by Gasteiger charge is 2.48. The minimum absolute atomic E-state index is 0.120. The van der Waals surface area contributed by atoms with Crippen LogP contribution in [0, 0.1) is 5.92 Å². The first-order valence-electron chi connectivity index (χ1n) is 9.32. The average Bonchev–Trinajstić information content (AvgIpc) is 2.59. The van der Waals surface area contributed by atoms with E-state index in [1.165, 1.54) is 19.4 Å². The van der Waals surface area contributed by atoms with Gasteiger partial charge in [0.1, 0.15) is 5.75 Å². The lowest BCUT2D eigenvalue weighted by Gasteiger charge is -2.57. The van der Waals surface area contributed by atoms with Gasteiger partial charge in [-0.15, -0.1) is 0 Å². The van der Waals surface area contributed by atoms with Gasteiger partial charge in [0.05, 0.1) is 12.2 Å². The van der Waals surface area contributed by atoms with Gasteiger partial charge >= 0.3 is 0 Å². The van der Waals surface area contributed by atoms with E-state index in [2.05, 4.69) is 18.7 Å². The summed E-state index contributed by atoms with van der Waals surface area (Å²) in [6.07, 6.45) is 3.53. The second-order valence-corrected chi connectivity index (χ2v) is 7.57. The minimum atomic E-state index is 0.120. The van der Waals surface area contributed by atoms with Crippen LogP contribution in [0.15, 0.2) is 24.3 Å². The summed E-state index contributed by atoms with van der Waals surface area (Å²) in [4.78, 5) is 17.7. The zero-order chi connectivity index (χ0) is 17.2. The van der Waals surface area contributed by atoms with E-state index in [-0.39, 0.29) is 11.4 Å². The van der Waals surface area contributed by atoms with Crippen molar-refractivity contribution in [1.82, 2.24) is 9.80 Å². The predicted molar refractivity (Wildman–Crippen MR) is 96.5 cm³/mol. The first-order valence-corrected chi connectivity index (χ1v) is 9.32. The standard InChI is InChI=1S/C20H30N2O2/c1-4-24-18-9-6-5-8-17(18)19(23)21-12-7-10-20(15-21)11-13-22(20)14-16(2)3/h5-6,8-9,16H,4,7,10-15H2,1-3H3/t20-/m0/s1. The highest BCUT2D eigenvalue weighted by Crippen LogP contribution is 2.39. The van der Waals surface area contributed by atoms with Crippen molar-refractivity contribution in [1.29, 1.82) is 0 Å². The highest BCUT2D eigenvalue weighted by molar-refractivity contribution is 5.97. The van der Waals surface area contributed by atoms with Crippen LogP contribution >= 0.6 is 0 Å². The first kappa shape index (κ1) is 17.3. The molecule has 1 amide bonds. The molecule has 132 valence electrons. The van der Waals surface area contributed by atoms with Gasteiger partial charge in [-0.3, -0.25) is 9.69 Å². The fraction of sp³-hybridized carbons (Fsp3) is 0.650. The summed E-state index contributed by atoms with van der Waals surface area (Å²) in [5.41, 5.74) is 0.921. The Balaban J connectivity index is 1.74. The van der Waals surface area contributed by atoms with Crippen molar-refractivity contribution >= 4 is 5.91 Å². The van der Waals surface area contributed by atoms with Gasteiger partial charge < -0.3 is 9.64 Å². The van der Waals surface area contributed by atoms with E-state index in [0.717, 1.165) is 26.1 Å². The normalized spacial score (nSPS) is 24.2. The molecule has 1 spiro atoms. The number of nitrogens with zero attached hydrogens (tertiary/aromatic N) is 2.